The highest BCUT2D eigenvalue weighted by Crippen LogP contribution is 2.19. The molecule has 1 unspecified atom stereocenters. The zero-order valence-corrected chi connectivity index (χ0v) is 12.7. The lowest BCUT2D eigenvalue weighted by Gasteiger charge is -2.14. The van der Waals surface area contributed by atoms with Gasteiger partial charge in [0.15, 0.2) is 0 Å². The zero-order valence-electron chi connectivity index (χ0n) is 11.9. The molecule has 5 nitrogen and oxygen atoms in total. The van der Waals surface area contributed by atoms with E-state index < -0.39 is 16.1 Å². The molecule has 0 amide bonds. The van der Waals surface area contributed by atoms with Crippen molar-refractivity contribution in [2.45, 2.75) is 31.3 Å². The molecule has 1 aromatic carbocycles. The van der Waals surface area contributed by atoms with E-state index >= 15 is 0 Å². The van der Waals surface area contributed by atoms with E-state index in [1.807, 2.05) is 0 Å². The molecule has 0 fully saturated rings. The van der Waals surface area contributed by atoms with Gasteiger partial charge >= 0.3 is 0 Å². The first-order chi connectivity index (χ1) is 9.83. The van der Waals surface area contributed by atoms with Crippen LogP contribution in [0.1, 0.15) is 29.8 Å². The number of H-pyrrole nitrogens is 1. The van der Waals surface area contributed by atoms with Crippen molar-refractivity contribution >= 4 is 10.0 Å². The maximum Gasteiger partial charge on any atom is 0.242 e. The van der Waals surface area contributed by atoms with Crippen molar-refractivity contribution in [1.29, 1.82) is 0 Å². The number of hydrogen-bond donors (Lipinski definition) is 3. The molecule has 1 atom stereocenters. The van der Waals surface area contributed by atoms with Gasteiger partial charge in [-0.1, -0.05) is 12.1 Å². The van der Waals surface area contributed by atoms with E-state index in [9.17, 15) is 12.8 Å². The smallest absolute Gasteiger partial charge is 0.242 e. The molecule has 0 radical (unpaired) electrons. The van der Waals surface area contributed by atoms with E-state index in [1.54, 1.807) is 26.0 Å². The summed E-state index contributed by atoms with van der Waals surface area (Å²) in [6, 6.07) is 5.60. The number of hydrogen-bond acceptors (Lipinski definition) is 3. The molecule has 0 spiro atoms. The fourth-order valence-corrected chi connectivity index (χ4v) is 3.19. The quantitative estimate of drug-likeness (QED) is 0.788. The van der Waals surface area contributed by atoms with E-state index in [0.29, 0.717) is 16.8 Å². The lowest BCUT2D eigenvalue weighted by Crippen LogP contribution is -2.26. The number of aromatic nitrogens is 1. The van der Waals surface area contributed by atoms with Gasteiger partial charge in [0.1, 0.15) is 5.82 Å². The molecule has 4 N–H and O–H groups in total. The highest BCUT2D eigenvalue weighted by molar-refractivity contribution is 7.89. The summed E-state index contributed by atoms with van der Waals surface area (Å²) in [7, 11) is -3.68. The van der Waals surface area contributed by atoms with Crippen molar-refractivity contribution in [2.24, 2.45) is 5.73 Å². The van der Waals surface area contributed by atoms with Crippen molar-refractivity contribution in [3.63, 3.8) is 0 Å². The van der Waals surface area contributed by atoms with Gasteiger partial charge in [-0.15, -0.1) is 0 Å². The summed E-state index contributed by atoms with van der Waals surface area (Å²) < 4.78 is 40.5. The number of halogens is 1. The number of sulfonamides is 1. The highest BCUT2D eigenvalue weighted by Gasteiger charge is 2.20. The monoisotopic (exact) mass is 311 g/mol. The summed E-state index contributed by atoms with van der Waals surface area (Å²) in [5, 5.41) is 0. The second kappa shape index (κ2) is 5.97. The predicted octanol–water partition coefficient (Wildman–Crippen LogP) is 1.96. The van der Waals surface area contributed by atoms with Crippen LogP contribution in [0, 0.1) is 12.7 Å². The molecule has 0 aliphatic rings. The summed E-state index contributed by atoms with van der Waals surface area (Å²) in [4.78, 5) is 2.90. The minimum Gasteiger partial charge on any atom is -0.363 e. The van der Waals surface area contributed by atoms with Crippen molar-refractivity contribution < 1.29 is 12.8 Å². The van der Waals surface area contributed by atoms with Gasteiger partial charge in [0, 0.05) is 24.5 Å². The lowest BCUT2D eigenvalue weighted by atomic mass is 10.1. The second-order valence-electron chi connectivity index (χ2n) is 4.92. The van der Waals surface area contributed by atoms with Gasteiger partial charge in [-0.2, -0.15) is 0 Å². The van der Waals surface area contributed by atoms with Gasteiger partial charge < -0.3 is 10.7 Å². The Hall–Kier alpha value is -1.70. The van der Waals surface area contributed by atoms with E-state index in [0.717, 1.165) is 0 Å². The Bertz CT molecular complexity index is 740. The molecule has 0 saturated heterocycles. The fraction of sp³-hybridized carbons (Fsp3) is 0.286. The summed E-state index contributed by atoms with van der Waals surface area (Å²) >= 11 is 0. The van der Waals surface area contributed by atoms with Gasteiger partial charge in [-0.25, -0.2) is 17.5 Å². The molecule has 0 saturated carbocycles. The normalized spacial score (nSPS) is 13.3. The zero-order chi connectivity index (χ0) is 15.6. The maximum absolute atomic E-state index is 13.5. The molecule has 1 aromatic heterocycles. The van der Waals surface area contributed by atoms with Crippen LogP contribution >= 0.6 is 0 Å². The molecule has 1 heterocycles. The molecule has 7 heteroatoms. The highest BCUT2D eigenvalue weighted by atomic mass is 32.2. The number of nitrogens with one attached hydrogen (secondary N) is 2. The third-order valence-electron chi connectivity index (χ3n) is 3.27. The van der Waals surface area contributed by atoms with Crippen molar-refractivity contribution in [3.8, 4) is 0 Å². The van der Waals surface area contributed by atoms with Crippen LogP contribution in [-0.4, -0.2) is 13.4 Å². The molecule has 114 valence electrons. The van der Waals surface area contributed by atoms with Gasteiger partial charge in [-0.3, -0.25) is 0 Å². The Morgan fingerprint density at radius 3 is 2.67 bits per heavy atom. The number of benzene rings is 1. The topological polar surface area (TPSA) is 88.0 Å². The van der Waals surface area contributed by atoms with E-state index in [-0.39, 0.29) is 17.3 Å². The van der Waals surface area contributed by atoms with Gasteiger partial charge in [-0.05, 0) is 37.1 Å². The van der Waals surface area contributed by atoms with Crippen LogP contribution in [0.4, 0.5) is 4.39 Å². The van der Waals surface area contributed by atoms with Gasteiger partial charge in [0.05, 0.1) is 4.90 Å². The molecule has 2 aromatic rings. The average molecular weight is 311 g/mol. The Morgan fingerprint density at radius 2 is 2.10 bits per heavy atom. The predicted molar refractivity (Wildman–Crippen MR) is 78.6 cm³/mol. The van der Waals surface area contributed by atoms with Crippen LogP contribution in [0.2, 0.25) is 0 Å². The van der Waals surface area contributed by atoms with Crippen molar-refractivity contribution in [1.82, 2.24) is 9.71 Å². The van der Waals surface area contributed by atoms with Crippen LogP contribution in [0.25, 0.3) is 0 Å². The third-order valence-corrected chi connectivity index (χ3v) is 4.79. The Labute approximate surface area is 123 Å². The first-order valence-electron chi connectivity index (χ1n) is 6.49. The summed E-state index contributed by atoms with van der Waals surface area (Å²) in [6.45, 7) is 3.55. The van der Waals surface area contributed by atoms with Crippen molar-refractivity contribution in [2.75, 3.05) is 0 Å². The summed E-state index contributed by atoms with van der Waals surface area (Å²) in [5.74, 6) is -0.356. The van der Waals surface area contributed by atoms with Crippen molar-refractivity contribution in [3.05, 3.63) is 53.1 Å². The number of rotatable bonds is 5. The van der Waals surface area contributed by atoms with Crippen LogP contribution in [0.3, 0.4) is 0 Å². The summed E-state index contributed by atoms with van der Waals surface area (Å²) in [5.41, 5.74) is 7.16. The van der Waals surface area contributed by atoms with E-state index in [2.05, 4.69) is 9.71 Å². The van der Waals surface area contributed by atoms with Crippen LogP contribution in [-0.2, 0) is 16.6 Å². The Balaban J connectivity index is 2.21. The first-order valence-corrected chi connectivity index (χ1v) is 7.97. The Kier molecular flexibility index (Phi) is 4.46. The summed E-state index contributed by atoms with van der Waals surface area (Å²) in [6.07, 6.45) is 1.38. The number of nitrogens with two attached hydrogens (primary N) is 1. The van der Waals surface area contributed by atoms with Crippen LogP contribution in [0.5, 0.6) is 0 Å². The van der Waals surface area contributed by atoms with E-state index in [4.69, 9.17) is 5.73 Å². The molecule has 0 aliphatic heterocycles. The molecule has 0 aliphatic carbocycles. The lowest BCUT2D eigenvalue weighted by molar-refractivity contribution is 0.564. The van der Waals surface area contributed by atoms with Crippen LogP contribution < -0.4 is 10.5 Å². The van der Waals surface area contributed by atoms with Gasteiger partial charge in [0.25, 0.3) is 0 Å². The molecule has 21 heavy (non-hydrogen) atoms. The minimum absolute atomic E-state index is 0.113. The SMILES string of the molecule is Cc1ccc(C(C)NS(=O)(=O)c2c[nH]c(CN)c2)cc1F. The molecule has 0 bridgehead atoms. The van der Waals surface area contributed by atoms with Gasteiger partial charge in [0.2, 0.25) is 10.0 Å². The largest absolute Gasteiger partial charge is 0.363 e. The minimum atomic E-state index is -3.68. The molecular weight excluding hydrogens is 293 g/mol. The average Bonchev–Trinajstić information content (AvgIpc) is 2.91. The standard InChI is InChI=1S/C14H18FN3O2S/c1-9-3-4-11(5-14(9)15)10(2)18-21(19,20)13-6-12(7-16)17-8-13/h3-6,8,10,17-18H,7,16H2,1-2H3. The molecular formula is C14H18FN3O2S. The fourth-order valence-electron chi connectivity index (χ4n) is 1.94. The van der Waals surface area contributed by atoms with Crippen LogP contribution in [0.15, 0.2) is 35.4 Å². The second-order valence-corrected chi connectivity index (χ2v) is 6.63. The number of aromatic amines is 1. The van der Waals surface area contributed by atoms with E-state index in [1.165, 1.54) is 18.3 Å². The first kappa shape index (κ1) is 15.7. The third kappa shape index (κ3) is 3.49. The maximum atomic E-state index is 13.5. The molecule has 2 rings (SSSR count). The Morgan fingerprint density at radius 1 is 1.38 bits per heavy atom. The number of aryl methyl sites for hydroxylation is 1.